The molecule has 0 aromatic rings. The third-order valence-electron chi connectivity index (χ3n) is 3.29. The Hall–Kier alpha value is -1.10. The molecule has 0 spiro atoms. The van der Waals surface area contributed by atoms with Crippen molar-refractivity contribution in [3.8, 4) is 0 Å². The van der Waals surface area contributed by atoms with E-state index in [1.807, 2.05) is 6.92 Å². The summed E-state index contributed by atoms with van der Waals surface area (Å²) in [5.74, 6) is -1.23. The Labute approximate surface area is 94.0 Å². The van der Waals surface area contributed by atoms with Crippen molar-refractivity contribution in [2.24, 2.45) is 0 Å². The molecule has 2 aliphatic heterocycles. The van der Waals surface area contributed by atoms with Crippen LogP contribution in [0.2, 0.25) is 0 Å². The van der Waals surface area contributed by atoms with E-state index in [-0.39, 0.29) is 12.7 Å². The minimum absolute atomic E-state index is 0.228. The normalized spacial score (nSPS) is 40.2. The van der Waals surface area contributed by atoms with Gasteiger partial charge in [-0.3, -0.25) is 0 Å². The number of cyclic esters (lactones) is 1. The van der Waals surface area contributed by atoms with Gasteiger partial charge in [-0.05, 0) is 20.3 Å². The zero-order valence-electron chi connectivity index (χ0n) is 9.74. The maximum atomic E-state index is 11.7. The SMILES string of the molecule is CCC[C@H]1OC(=O)[C@]2(C(=O)OCC)O[C@]12C. The zero-order valence-corrected chi connectivity index (χ0v) is 9.74. The molecule has 0 unspecified atom stereocenters. The summed E-state index contributed by atoms with van der Waals surface area (Å²) in [4.78, 5) is 23.4. The standard InChI is InChI=1S/C11H16O5/c1-4-6-7-10(3)11(16-10,9(13)15-7)8(12)14-5-2/h7H,4-6H2,1-3H3/t7-,10-,11+/m1/s1. The van der Waals surface area contributed by atoms with Crippen LogP contribution in [0.25, 0.3) is 0 Å². The second-order valence-electron chi connectivity index (χ2n) is 4.29. The van der Waals surface area contributed by atoms with Gasteiger partial charge in [0.1, 0.15) is 6.10 Å². The van der Waals surface area contributed by atoms with Gasteiger partial charge in [-0.15, -0.1) is 0 Å². The molecule has 2 saturated heterocycles. The van der Waals surface area contributed by atoms with Crippen molar-refractivity contribution in [2.75, 3.05) is 6.61 Å². The molecule has 5 nitrogen and oxygen atoms in total. The third-order valence-corrected chi connectivity index (χ3v) is 3.29. The number of hydrogen-bond acceptors (Lipinski definition) is 5. The lowest BCUT2D eigenvalue weighted by Crippen LogP contribution is -2.38. The van der Waals surface area contributed by atoms with E-state index >= 15 is 0 Å². The van der Waals surface area contributed by atoms with Crippen LogP contribution in [0.3, 0.4) is 0 Å². The Morgan fingerprint density at radius 2 is 2.19 bits per heavy atom. The van der Waals surface area contributed by atoms with Crippen LogP contribution in [-0.2, 0) is 23.8 Å². The Morgan fingerprint density at radius 3 is 2.69 bits per heavy atom. The van der Waals surface area contributed by atoms with Crippen LogP contribution in [0, 0.1) is 0 Å². The van der Waals surface area contributed by atoms with Crippen LogP contribution in [0.1, 0.15) is 33.6 Å². The average Bonchev–Trinajstić information content (AvgIpc) is 2.81. The number of esters is 2. The first-order chi connectivity index (χ1) is 7.53. The average molecular weight is 228 g/mol. The molecule has 2 heterocycles. The number of rotatable bonds is 4. The van der Waals surface area contributed by atoms with Crippen LogP contribution < -0.4 is 0 Å². The number of carbonyl (C=O) groups excluding carboxylic acids is 2. The Bertz CT molecular complexity index is 339. The van der Waals surface area contributed by atoms with Crippen LogP contribution in [0.4, 0.5) is 0 Å². The molecule has 2 fully saturated rings. The minimum atomic E-state index is -1.48. The molecular weight excluding hydrogens is 212 g/mol. The summed E-state index contributed by atoms with van der Waals surface area (Å²) in [6, 6.07) is 0. The fourth-order valence-electron chi connectivity index (χ4n) is 2.31. The quantitative estimate of drug-likeness (QED) is 0.404. The third kappa shape index (κ3) is 1.15. The second kappa shape index (κ2) is 3.45. The van der Waals surface area contributed by atoms with Crippen molar-refractivity contribution in [1.82, 2.24) is 0 Å². The van der Waals surface area contributed by atoms with E-state index in [1.54, 1.807) is 13.8 Å². The lowest BCUT2D eigenvalue weighted by molar-refractivity contribution is -0.165. The molecule has 0 amide bonds. The summed E-state index contributed by atoms with van der Waals surface area (Å²) in [5.41, 5.74) is -2.31. The van der Waals surface area contributed by atoms with Crippen LogP contribution >= 0.6 is 0 Å². The van der Waals surface area contributed by atoms with Crippen molar-refractivity contribution in [1.29, 1.82) is 0 Å². The van der Waals surface area contributed by atoms with Gasteiger partial charge >= 0.3 is 11.9 Å². The minimum Gasteiger partial charge on any atom is -0.463 e. The number of carbonyl (C=O) groups is 2. The second-order valence-corrected chi connectivity index (χ2v) is 4.29. The Kier molecular flexibility index (Phi) is 2.45. The molecule has 90 valence electrons. The van der Waals surface area contributed by atoms with Gasteiger partial charge in [-0.1, -0.05) is 13.3 Å². The summed E-state index contributed by atoms with van der Waals surface area (Å²) in [6.07, 6.45) is 1.23. The van der Waals surface area contributed by atoms with Gasteiger partial charge in [-0.2, -0.15) is 0 Å². The molecule has 0 saturated carbocycles. The molecule has 0 radical (unpaired) electrons. The number of fused-ring (bicyclic) bond motifs is 1. The molecule has 0 aromatic heterocycles. The topological polar surface area (TPSA) is 65.1 Å². The summed E-state index contributed by atoms with van der Waals surface area (Å²) < 4.78 is 15.4. The highest BCUT2D eigenvalue weighted by Crippen LogP contribution is 2.58. The van der Waals surface area contributed by atoms with Gasteiger partial charge in [0.05, 0.1) is 6.61 Å². The van der Waals surface area contributed by atoms with Crippen LogP contribution in [0.5, 0.6) is 0 Å². The molecule has 3 atom stereocenters. The van der Waals surface area contributed by atoms with E-state index < -0.39 is 23.1 Å². The summed E-state index contributed by atoms with van der Waals surface area (Å²) in [6.45, 7) is 5.64. The largest absolute Gasteiger partial charge is 0.463 e. The number of ether oxygens (including phenoxy) is 3. The van der Waals surface area contributed by atoms with Gasteiger partial charge in [-0.25, -0.2) is 9.59 Å². The first kappa shape index (κ1) is 11.4. The molecule has 5 heteroatoms. The lowest BCUT2D eigenvalue weighted by Gasteiger charge is -2.14. The van der Waals surface area contributed by atoms with E-state index in [0.29, 0.717) is 6.42 Å². The number of hydrogen-bond donors (Lipinski definition) is 0. The molecule has 0 aromatic carbocycles. The number of epoxide rings is 1. The lowest BCUT2D eigenvalue weighted by atomic mass is 9.90. The van der Waals surface area contributed by atoms with Crippen LogP contribution in [-0.4, -0.2) is 35.9 Å². The first-order valence-corrected chi connectivity index (χ1v) is 5.61. The van der Waals surface area contributed by atoms with Crippen molar-refractivity contribution < 1.29 is 23.8 Å². The highest BCUT2D eigenvalue weighted by Gasteiger charge is 2.87. The van der Waals surface area contributed by atoms with E-state index in [4.69, 9.17) is 14.2 Å². The van der Waals surface area contributed by atoms with E-state index in [2.05, 4.69) is 0 Å². The van der Waals surface area contributed by atoms with Gasteiger partial charge in [0.15, 0.2) is 5.60 Å². The van der Waals surface area contributed by atoms with Crippen molar-refractivity contribution in [3.05, 3.63) is 0 Å². The van der Waals surface area contributed by atoms with Crippen molar-refractivity contribution in [2.45, 2.75) is 50.9 Å². The summed E-state index contributed by atoms with van der Waals surface area (Å²) in [5, 5.41) is 0. The Balaban J connectivity index is 2.20. The molecule has 2 aliphatic rings. The molecule has 0 N–H and O–H groups in total. The summed E-state index contributed by atoms with van der Waals surface area (Å²) >= 11 is 0. The monoisotopic (exact) mass is 228 g/mol. The smallest absolute Gasteiger partial charge is 0.354 e. The predicted molar refractivity (Wildman–Crippen MR) is 53.6 cm³/mol. The van der Waals surface area contributed by atoms with Gasteiger partial charge < -0.3 is 14.2 Å². The fourth-order valence-corrected chi connectivity index (χ4v) is 2.31. The molecule has 0 aliphatic carbocycles. The highest BCUT2D eigenvalue weighted by molar-refractivity contribution is 6.10. The Morgan fingerprint density at radius 1 is 1.50 bits per heavy atom. The predicted octanol–water partition coefficient (Wildman–Crippen LogP) is 0.803. The maximum absolute atomic E-state index is 11.7. The molecule has 0 bridgehead atoms. The molecule has 16 heavy (non-hydrogen) atoms. The fraction of sp³-hybridized carbons (Fsp3) is 0.818. The highest BCUT2D eigenvalue weighted by atomic mass is 16.7. The van der Waals surface area contributed by atoms with Crippen molar-refractivity contribution >= 4 is 11.9 Å². The van der Waals surface area contributed by atoms with E-state index in [1.165, 1.54) is 0 Å². The van der Waals surface area contributed by atoms with Gasteiger partial charge in [0, 0.05) is 0 Å². The van der Waals surface area contributed by atoms with Gasteiger partial charge in [0.25, 0.3) is 5.60 Å². The van der Waals surface area contributed by atoms with E-state index in [9.17, 15) is 9.59 Å². The molecular formula is C11H16O5. The van der Waals surface area contributed by atoms with Crippen LogP contribution in [0.15, 0.2) is 0 Å². The van der Waals surface area contributed by atoms with Crippen molar-refractivity contribution in [3.63, 3.8) is 0 Å². The first-order valence-electron chi connectivity index (χ1n) is 5.61. The van der Waals surface area contributed by atoms with Gasteiger partial charge in [0.2, 0.25) is 0 Å². The maximum Gasteiger partial charge on any atom is 0.354 e. The molecule has 2 rings (SSSR count). The summed E-state index contributed by atoms with van der Waals surface area (Å²) in [7, 11) is 0. The zero-order chi connectivity index (χ0) is 12.0. The van der Waals surface area contributed by atoms with E-state index in [0.717, 1.165) is 6.42 Å².